The Morgan fingerprint density at radius 1 is 1.12 bits per heavy atom. The van der Waals surface area contributed by atoms with Crippen molar-refractivity contribution in [3.63, 3.8) is 0 Å². The molecular formula is C14H15ClN2. The predicted molar refractivity (Wildman–Crippen MR) is 74.4 cm³/mol. The molecular weight excluding hydrogens is 232 g/mol. The second kappa shape index (κ2) is 5.11. The topological polar surface area (TPSA) is 38.0 Å². The highest BCUT2D eigenvalue weighted by atomic mass is 35.5. The minimum Gasteiger partial charge on any atom is -0.399 e. The highest BCUT2D eigenvalue weighted by Gasteiger charge is 1.99. The van der Waals surface area contributed by atoms with E-state index in [9.17, 15) is 0 Å². The van der Waals surface area contributed by atoms with Crippen LogP contribution in [0.25, 0.3) is 0 Å². The summed E-state index contributed by atoms with van der Waals surface area (Å²) in [5.41, 5.74) is 9.98. The van der Waals surface area contributed by atoms with Gasteiger partial charge in [0.1, 0.15) is 0 Å². The fourth-order valence-electron chi connectivity index (χ4n) is 1.63. The molecule has 0 fully saturated rings. The van der Waals surface area contributed by atoms with Crippen molar-refractivity contribution in [2.24, 2.45) is 0 Å². The number of nitrogens with one attached hydrogen (secondary N) is 1. The van der Waals surface area contributed by atoms with E-state index < -0.39 is 0 Å². The van der Waals surface area contributed by atoms with Crippen molar-refractivity contribution < 1.29 is 0 Å². The molecule has 0 aliphatic heterocycles. The Balaban J connectivity index is 2.07. The Bertz CT molecular complexity index is 506. The van der Waals surface area contributed by atoms with Gasteiger partial charge in [-0.3, -0.25) is 0 Å². The monoisotopic (exact) mass is 246 g/mol. The fraction of sp³-hybridized carbons (Fsp3) is 0.143. The first kappa shape index (κ1) is 11.8. The molecule has 2 aromatic rings. The van der Waals surface area contributed by atoms with E-state index in [1.807, 2.05) is 42.5 Å². The van der Waals surface area contributed by atoms with Gasteiger partial charge in [-0.2, -0.15) is 0 Å². The number of hydrogen-bond donors (Lipinski definition) is 2. The number of rotatable bonds is 3. The van der Waals surface area contributed by atoms with Crippen LogP contribution < -0.4 is 11.1 Å². The summed E-state index contributed by atoms with van der Waals surface area (Å²) in [6.45, 7) is 2.82. The standard InChI is InChI=1S/C14H15ClN2/c1-10-2-7-13(16)8-14(10)17-9-11-3-5-12(15)6-4-11/h2-8,17H,9,16H2,1H3. The molecule has 88 valence electrons. The molecule has 2 aromatic carbocycles. The maximum Gasteiger partial charge on any atom is 0.0406 e. The van der Waals surface area contributed by atoms with Crippen LogP contribution in [0, 0.1) is 6.92 Å². The van der Waals surface area contributed by atoms with Crippen LogP contribution in [0.15, 0.2) is 42.5 Å². The summed E-state index contributed by atoms with van der Waals surface area (Å²) < 4.78 is 0. The molecule has 2 nitrogen and oxygen atoms in total. The lowest BCUT2D eigenvalue weighted by molar-refractivity contribution is 1.14. The van der Waals surface area contributed by atoms with E-state index in [1.54, 1.807) is 0 Å². The zero-order chi connectivity index (χ0) is 12.3. The summed E-state index contributed by atoms with van der Waals surface area (Å²) in [4.78, 5) is 0. The third kappa shape index (κ3) is 3.14. The second-order valence-electron chi connectivity index (χ2n) is 4.05. The molecule has 0 saturated heterocycles. The van der Waals surface area contributed by atoms with Crippen LogP contribution in [0.2, 0.25) is 5.02 Å². The van der Waals surface area contributed by atoms with Crippen LogP contribution in [-0.2, 0) is 6.54 Å². The van der Waals surface area contributed by atoms with Crippen molar-refractivity contribution in [3.8, 4) is 0 Å². The van der Waals surface area contributed by atoms with Crippen LogP contribution in [0.1, 0.15) is 11.1 Å². The first-order valence-corrected chi connectivity index (χ1v) is 5.87. The van der Waals surface area contributed by atoms with E-state index in [2.05, 4.69) is 12.2 Å². The molecule has 0 bridgehead atoms. The average molecular weight is 247 g/mol. The third-order valence-electron chi connectivity index (χ3n) is 2.66. The zero-order valence-electron chi connectivity index (χ0n) is 9.70. The molecule has 0 aromatic heterocycles. The van der Waals surface area contributed by atoms with E-state index in [-0.39, 0.29) is 0 Å². The van der Waals surface area contributed by atoms with Crippen LogP contribution >= 0.6 is 11.6 Å². The van der Waals surface area contributed by atoms with Gasteiger partial charge in [-0.1, -0.05) is 29.8 Å². The summed E-state index contributed by atoms with van der Waals surface area (Å²) in [7, 11) is 0. The van der Waals surface area contributed by atoms with Crippen molar-refractivity contribution in [2.45, 2.75) is 13.5 Å². The second-order valence-corrected chi connectivity index (χ2v) is 4.49. The maximum absolute atomic E-state index is 5.84. The molecule has 17 heavy (non-hydrogen) atoms. The van der Waals surface area contributed by atoms with Gasteiger partial charge in [0.15, 0.2) is 0 Å². The number of nitrogen functional groups attached to an aromatic ring is 1. The Morgan fingerprint density at radius 2 is 1.82 bits per heavy atom. The van der Waals surface area contributed by atoms with Gasteiger partial charge in [-0.15, -0.1) is 0 Å². The summed E-state index contributed by atoms with van der Waals surface area (Å²) in [5, 5.41) is 4.12. The lowest BCUT2D eigenvalue weighted by Crippen LogP contribution is -2.01. The number of nitrogens with two attached hydrogens (primary N) is 1. The van der Waals surface area contributed by atoms with E-state index in [1.165, 1.54) is 11.1 Å². The van der Waals surface area contributed by atoms with Crippen molar-refractivity contribution in [2.75, 3.05) is 11.1 Å². The molecule has 2 rings (SSSR count). The minimum absolute atomic E-state index is 0.758. The molecule has 0 aliphatic rings. The highest BCUT2D eigenvalue weighted by Crippen LogP contribution is 2.19. The van der Waals surface area contributed by atoms with Crippen LogP contribution in [-0.4, -0.2) is 0 Å². The number of aryl methyl sites for hydroxylation is 1. The van der Waals surface area contributed by atoms with Gasteiger partial charge in [0.25, 0.3) is 0 Å². The quantitative estimate of drug-likeness (QED) is 0.808. The van der Waals surface area contributed by atoms with Crippen LogP contribution in [0.5, 0.6) is 0 Å². The Kier molecular flexibility index (Phi) is 3.55. The molecule has 0 saturated carbocycles. The van der Waals surface area contributed by atoms with E-state index in [0.29, 0.717) is 0 Å². The summed E-state index contributed by atoms with van der Waals surface area (Å²) in [5.74, 6) is 0. The summed E-state index contributed by atoms with van der Waals surface area (Å²) in [6, 6.07) is 13.7. The van der Waals surface area contributed by atoms with E-state index >= 15 is 0 Å². The molecule has 3 N–H and O–H groups in total. The molecule has 3 heteroatoms. The van der Waals surface area contributed by atoms with Gasteiger partial charge in [-0.25, -0.2) is 0 Å². The van der Waals surface area contributed by atoms with Gasteiger partial charge in [0, 0.05) is 22.9 Å². The zero-order valence-corrected chi connectivity index (χ0v) is 10.5. The van der Waals surface area contributed by atoms with Gasteiger partial charge in [0.05, 0.1) is 0 Å². The Labute approximate surface area is 106 Å². The van der Waals surface area contributed by atoms with Gasteiger partial charge < -0.3 is 11.1 Å². The molecule has 0 radical (unpaired) electrons. The maximum atomic E-state index is 5.84. The SMILES string of the molecule is Cc1ccc(N)cc1NCc1ccc(Cl)cc1. The number of anilines is 2. The van der Waals surface area contributed by atoms with Gasteiger partial charge in [0.2, 0.25) is 0 Å². The first-order chi connectivity index (χ1) is 8.15. The van der Waals surface area contributed by atoms with Crippen LogP contribution in [0.4, 0.5) is 11.4 Å². The van der Waals surface area contributed by atoms with Crippen molar-refractivity contribution in [3.05, 3.63) is 58.6 Å². The lowest BCUT2D eigenvalue weighted by atomic mass is 10.1. The number of halogens is 1. The van der Waals surface area contributed by atoms with E-state index in [4.69, 9.17) is 17.3 Å². The largest absolute Gasteiger partial charge is 0.399 e. The smallest absolute Gasteiger partial charge is 0.0406 e. The van der Waals surface area contributed by atoms with Crippen molar-refractivity contribution >= 4 is 23.0 Å². The predicted octanol–water partition coefficient (Wildman–Crippen LogP) is 3.84. The average Bonchev–Trinajstić information content (AvgIpc) is 2.32. The molecule has 0 spiro atoms. The van der Waals surface area contributed by atoms with E-state index in [0.717, 1.165) is 22.9 Å². The molecule has 0 heterocycles. The Morgan fingerprint density at radius 3 is 2.53 bits per heavy atom. The molecule has 0 atom stereocenters. The van der Waals surface area contributed by atoms with Crippen molar-refractivity contribution in [1.82, 2.24) is 0 Å². The third-order valence-corrected chi connectivity index (χ3v) is 2.91. The summed E-state index contributed by atoms with van der Waals surface area (Å²) in [6.07, 6.45) is 0. The molecule has 0 amide bonds. The summed E-state index contributed by atoms with van der Waals surface area (Å²) >= 11 is 5.84. The van der Waals surface area contributed by atoms with Crippen molar-refractivity contribution in [1.29, 1.82) is 0 Å². The van der Waals surface area contributed by atoms with Gasteiger partial charge >= 0.3 is 0 Å². The molecule has 0 unspecified atom stereocenters. The molecule has 0 aliphatic carbocycles. The lowest BCUT2D eigenvalue weighted by Gasteiger charge is -2.10. The highest BCUT2D eigenvalue weighted by molar-refractivity contribution is 6.30. The fourth-order valence-corrected chi connectivity index (χ4v) is 1.76. The van der Waals surface area contributed by atoms with Gasteiger partial charge in [-0.05, 0) is 42.3 Å². The number of benzene rings is 2. The van der Waals surface area contributed by atoms with Crippen LogP contribution in [0.3, 0.4) is 0 Å². The first-order valence-electron chi connectivity index (χ1n) is 5.49. The minimum atomic E-state index is 0.758. The Hall–Kier alpha value is -1.67. The number of hydrogen-bond acceptors (Lipinski definition) is 2. The normalized spacial score (nSPS) is 10.2.